The second-order valence-electron chi connectivity index (χ2n) is 3.74. The molecule has 0 aliphatic rings. The average molecular weight is 228 g/mol. The summed E-state index contributed by atoms with van der Waals surface area (Å²) < 4.78 is 5.43. The number of benzene rings is 2. The molecule has 0 fully saturated rings. The van der Waals surface area contributed by atoms with E-state index in [1.165, 1.54) is 12.1 Å². The van der Waals surface area contributed by atoms with Gasteiger partial charge in [-0.25, -0.2) is 0 Å². The lowest BCUT2D eigenvalue weighted by atomic mass is 10.1. The maximum atomic E-state index is 12.1. The minimum absolute atomic E-state index is 0.0927. The number of hydrogen-bond donors (Lipinski definition) is 2. The molecule has 3 rings (SSSR count). The molecule has 1 aromatic heterocycles. The first kappa shape index (κ1) is 9.72. The van der Waals surface area contributed by atoms with E-state index in [1.807, 2.05) is 0 Å². The molecule has 2 N–H and O–H groups in total. The quantitative estimate of drug-likeness (QED) is 0.579. The molecule has 2 aromatic carbocycles. The second kappa shape index (κ2) is 3.25. The molecule has 0 saturated carbocycles. The molecular weight excluding hydrogens is 220 g/mol. The second-order valence-corrected chi connectivity index (χ2v) is 3.74. The molecule has 0 aliphatic carbocycles. The van der Waals surface area contributed by atoms with Crippen molar-refractivity contribution < 1.29 is 14.6 Å². The fraction of sp³-hybridized carbons (Fsp3) is 0. The standard InChI is InChI=1S/C13H8O4/c14-8-4-2-6-10-11(8)12(16)7-3-1-5-9(15)13(7)17-10/h1-6,14-15H. The van der Waals surface area contributed by atoms with Gasteiger partial charge in [-0.05, 0) is 24.3 Å². The Morgan fingerprint density at radius 2 is 1.65 bits per heavy atom. The summed E-state index contributed by atoms with van der Waals surface area (Å²) in [6.07, 6.45) is 0. The first-order valence-corrected chi connectivity index (χ1v) is 5.05. The average Bonchev–Trinajstić information content (AvgIpc) is 2.31. The SMILES string of the molecule is O=c1c2cccc(O)c2oc2cccc(O)c12. The van der Waals surface area contributed by atoms with Gasteiger partial charge in [0.15, 0.2) is 11.3 Å². The number of aromatic hydroxyl groups is 2. The lowest BCUT2D eigenvalue weighted by Gasteiger charge is -2.03. The highest BCUT2D eigenvalue weighted by Gasteiger charge is 2.12. The van der Waals surface area contributed by atoms with E-state index < -0.39 is 0 Å². The van der Waals surface area contributed by atoms with Crippen molar-refractivity contribution in [1.29, 1.82) is 0 Å². The van der Waals surface area contributed by atoms with E-state index in [-0.39, 0.29) is 38.9 Å². The van der Waals surface area contributed by atoms with Crippen LogP contribution in [0.1, 0.15) is 0 Å². The molecule has 0 spiro atoms. The Morgan fingerprint density at radius 3 is 2.47 bits per heavy atom. The molecular formula is C13H8O4. The largest absolute Gasteiger partial charge is 0.507 e. The van der Waals surface area contributed by atoms with E-state index in [0.717, 1.165) is 0 Å². The van der Waals surface area contributed by atoms with E-state index in [1.54, 1.807) is 24.3 Å². The number of rotatable bonds is 0. The van der Waals surface area contributed by atoms with Crippen molar-refractivity contribution in [2.45, 2.75) is 0 Å². The summed E-state index contributed by atoms with van der Waals surface area (Å²) >= 11 is 0. The van der Waals surface area contributed by atoms with Crippen LogP contribution in [0, 0.1) is 0 Å². The number of para-hydroxylation sites is 1. The third-order valence-corrected chi connectivity index (χ3v) is 2.68. The van der Waals surface area contributed by atoms with Crippen LogP contribution in [0.3, 0.4) is 0 Å². The molecule has 0 atom stereocenters. The summed E-state index contributed by atoms with van der Waals surface area (Å²) in [5, 5.41) is 19.7. The van der Waals surface area contributed by atoms with Crippen LogP contribution in [0.4, 0.5) is 0 Å². The van der Waals surface area contributed by atoms with Crippen molar-refractivity contribution in [1.82, 2.24) is 0 Å². The molecule has 3 aromatic rings. The van der Waals surface area contributed by atoms with Crippen LogP contribution in [0.25, 0.3) is 21.9 Å². The Hall–Kier alpha value is -2.49. The number of fused-ring (bicyclic) bond motifs is 2. The third-order valence-electron chi connectivity index (χ3n) is 2.68. The van der Waals surface area contributed by atoms with Crippen LogP contribution in [0.5, 0.6) is 11.5 Å². The Bertz CT molecular complexity index is 786. The van der Waals surface area contributed by atoms with Gasteiger partial charge in [-0.1, -0.05) is 12.1 Å². The van der Waals surface area contributed by atoms with Gasteiger partial charge in [0.2, 0.25) is 5.43 Å². The van der Waals surface area contributed by atoms with Gasteiger partial charge in [0.1, 0.15) is 16.7 Å². The first-order valence-electron chi connectivity index (χ1n) is 5.05. The minimum Gasteiger partial charge on any atom is -0.507 e. The van der Waals surface area contributed by atoms with E-state index in [2.05, 4.69) is 0 Å². The maximum absolute atomic E-state index is 12.1. The highest BCUT2D eigenvalue weighted by molar-refractivity contribution is 5.94. The number of phenols is 2. The minimum atomic E-state index is -0.352. The van der Waals surface area contributed by atoms with Crippen molar-refractivity contribution in [3.63, 3.8) is 0 Å². The van der Waals surface area contributed by atoms with E-state index >= 15 is 0 Å². The van der Waals surface area contributed by atoms with E-state index in [9.17, 15) is 15.0 Å². The van der Waals surface area contributed by atoms with Crippen LogP contribution in [0.15, 0.2) is 45.6 Å². The molecule has 0 radical (unpaired) electrons. The highest BCUT2D eigenvalue weighted by atomic mass is 16.4. The molecule has 17 heavy (non-hydrogen) atoms. The van der Waals surface area contributed by atoms with Crippen LogP contribution in [-0.2, 0) is 0 Å². The van der Waals surface area contributed by atoms with Crippen molar-refractivity contribution in [3.05, 3.63) is 46.6 Å². The summed E-state index contributed by atoms with van der Waals surface area (Å²) in [5.74, 6) is -0.216. The normalized spacial score (nSPS) is 11.1. The molecule has 0 unspecified atom stereocenters. The van der Waals surface area contributed by atoms with Gasteiger partial charge in [0.25, 0.3) is 0 Å². The zero-order valence-corrected chi connectivity index (χ0v) is 8.68. The van der Waals surface area contributed by atoms with Gasteiger partial charge in [-0.15, -0.1) is 0 Å². The molecule has 84 valence electrons. The van der Waals surface area contributed by atoms with Gasteiger partial charge >= 0.3 is 0 Å². The predicted octanol–water partition coefficient (Wildman–Crippen LogP) is 2.36. The number of hydrogen-bond acceptors (Lipinski definition) is 4. The molecule has 4 nitrogen and oxygen atoms in total. The Balaban J connectivity index is 2.68. The molecule has 0 amide bonds. The van der Waals surface area contributed by atoms with Crippen LogP contribution in [-0.4, -0.2) is 10.2 Å². The Labute approximate surface area is 95.3 Å². The fourth-order valence-electron chi connectivity index (χ4n) is 1.89. The van der Waals surface area contributed by atoms with Crippen molar-refractivity contribution in [2.24, 2.45) is 0 Å². The third kappa shape index (κ3) is 1.27. The van der Waals surface area contributed by atoms with Crippen molar-refractivity contribution in [2.75, 3.05) is 0 Å². The van der Waals surface area contributed by atoms with Gasteiger partial charge in [-0.3, -0.25) is 4.79 Å². The molecule has 1 heterocycles. The summed E-state index contributed by atoms with van der Waals surface area (Å²) in [6.45, 7) is 0. The number of phenolic OH excluding ortho intramolecular Hbond substituents is 2. The van der Waals surface area contributed by atoms with Crippen LogP contribution in [0.2, 0.25) is 0 Å². The lowest BCUT2D eigenvalue weighted by molar-refractivity contribution is 0.466. The highest BCUT2D eigenvalue weighted by Crippen LogP contribution is 2.28. The maximum Gasteiger partial charge on any atom is 0.204 e. The van der Waals surface area contributed by atoms with Crippen molar-refractivity contribution in [3.8, 4) is 11.5 Å². The summed E-state index contributed by atoms with van der Waals surface area (Å²) in [7, 11) is 0. The predicted molar refractivity (Wildman–Crippen MR) is 63.3 cm³/mol. The van der Waals surface area contributed by atoms with Crippen LogP contribution < -0.4 is 5.43 Å². The lowest BCUT2D eigenvalue weighted by Crippen LogP contribution is -2.02. The summed E-state index contributed by atoms with van der Waals surface area (Å²) in [6, 6.07) is 9.12. The van der Waals surface area contributed by atoms with E-state index in [4.69, 9.17) is 4.42 Å². The Morgan fingerprint density at radius 1 is 0.941 bits per heavy atom. The van der Waals surface area contributed by atoms with Crippen LogP contribution >= 0.6 is 0 Å². The van der Waals surface area contributed by atoms with Gasteiger partial charge < -0.3 is 14.6 Å². The smallest absolute Gasteiger partial charge is 0.204 e. The molecule has 0 bridgehead atoms. The molecule has 0 saturated heterocycles. The van der Waals surface area contributed by atoms with Gasteiger partial charge in [0.05, 0.1) is 5.39 Å². The zero-order chi connectivity index (χ0) is 12.0. The van der Waals surface area contributed by atoms with Gasteiger partial charge in [0, 0.05) is 0 Å². The first-order chi connectivity index (χ1) is 8.18. The topological polar surface area (TPSA) is 70.7 Å². The van der Waals surface area contributed by atoms with Gasteiger partial charge in [-0.2, -0.15) is 0 Å². The monoisotopic (exact) mass is 228 g/mol. The Kier molecular flexibility index (Phi) is 1.86. The molecule has 0 aliphatic heterocycles. The zero-order valence-electron chi connectivity index (χ0n) is 8.68. The molecule has 4 heteroatoms. The van der Waals surface area contributed by atoms with E-state index in [0.29, 0.717) is 0 Å². The van der Waals surface area contributed by atoms with Crippen molar-refractivity contribution >= 4 is 21.9 Å². The summed E-state index contributed by atoms with van der Waals surface area (Å²) in [4.78, 5) is 12.1. The fourth-order valence-corrected chi connectivity index (χ4v) is 1.89. The summed E-state index contributed by atoms with van der Waals surface area (Å²) in [5.41, 5.74) is 0.0369.